The molecule has 0 saturated carbocycles. The molecule has 0 fully saturated rings. The van der Waals surface area contributed by atoms with E-state index >= 15 is 0 Å². The van der Waals surface area contributed by atoms with Gasteiger partial charge in [0, 0.05) is 18.4 Å². The van der Waals surface area contributed by atoms with Crippen molar-refractivity contribution >= 4 is 16.9 Å². The third-order valence-electron chi connectivity index (χ3n) is 3.49. The number of aromatic nitrogens is 4. The molecule has 0 atom stereocenters. The first-order chi connectivity index (χ1) is 10.6. The average Bonchev–Trinajstić information content (AvgIpc) is 3.11. The van der Waals surface area contributed by atoms with Crippen molar-refractivity contribution in [3.05, 3.63) is 48.5 Å². The van der Waals surface area contributed by atoms with Gasteiger partial charge in [-0.1, -0.05) is 12.1 Å². The molecule has 0 saturated heterocycles. The van der Waals surface area contributed by atoms with Crippen molar-refractivity contribution in [1.29, 1.82) is 0 Å². The molecule has 0 bridgehead atoms. The third-order valence-corrected chi connectivity index (χ3v) is 3.49. The number of nitrogens with one attached hydrogen (secondary N) is 1. The molecule has 3 rings (SSSR count). The minimum atomic E-state index is -0.0777. The van der Waals surface area contributed by atoms with Gasteiger partial charge < -0.3 is 9.88 Å². The highest BCUT2D eigenvalue weighted by atomic mass is 16.2. The van der Waals surface area contributed by atoms with E-state index in [0.29, 0.717) is 6.54 Å². The van der Waals surface area contributed by atoms with Crippen LogP contribution in [0, 0.1) is 0 Å². The Morgan fingerprint density at radius 2 is 2.09 bits per heavy atom. The van der Waals surface area contributed by atoms with E-state index in [1.807, 2.05) is 18.2 Å². The standard InChI is InChI=1S/C16H19N5O/c1-12(2)21-14-7-4-3-6-13(14)19-15(21)10-17-16(22)11-20-9-5-8-18-20/h3-9,12H,10-11H2,1-2H3,(H,17,22). The Morgan fingerprint density at radius 1 is 1.27 bits per heavy atom. The summed E-state index contributed by atoms with van der Waals surface area (Å²) in [5.41, 5.74) is 2.04. The Hall–Kier alpha value is -2.63. The van der Waals surface area contributed by atoms with Crippen LogP contribution in [0.2, 0.25) is 0 Å². The second-order valence-corrected chi connectivity index (χ2v) is 5.46. The van der Waals surface area contributed by atoms with E-state index in [0.717, 1.165) is 16.9 Å². The normalized spacial score (nSPS) is 11.2. The fourth-order valence-electron chi connectivity index (χ4n) is 2.57. The maximum atomic E-state index is 12.0. The monoisotopic (exact) mass is 297 g/mol. The number of benzene rings is 1. The molecular weight excluding hydrogens is 278 g/mol. The third kappa shape index (κ3) is 2.86. The van der Waals surface area contributed by atoms with Gasteiger partial charge in [-0.05, 0) is 32.0 Å². The molecule has 0 aliphatic carbocycles. The fourth-order valence-corrected chi connectivity index (χ4v) is 2.57. The first-order valence-electron chi connectivity index (χ1n) is 7.35. The number of nitrogens with zero attached hydrogens (tertiary/aromatic N) is 4. The van der Waals surface area contributed by atoms with E-state index in [2.05, 4.69) is 39.9 Å². The summed E-state index contributed by atoms with van der Waals surface area (Å²) in [5.74, 6) is 0.788. The number of carbonyl (C=O) groups excluding carboxylic acids is 1. The van der Waals surface area contributed by atoms with Gasteiger partial charge in [-0.3, -0.25) is 9.48 Å². The van der Waals surface area contributed by atoms with Gasteiger partial charge in [-0.2, -0.15) is 5.10 Å². The van der Waals surface area contributed by atoms with Crippen molar-refractivity contribution in [3.8, 4) is 0 Å². The van der Waals surface area contributed by atoms with Gasteiger partial charge in [-0.25, -0.2) is 4.98 Å². The lowest BCUT2D eigenvalue weighted by atomic mass is 10.3. The number of fused-ring (bicyclic) bond motifs is 1. The Kier molecular flexibility index (Phi) is 3.91. The molecule has 2 heterocycles. The smallest absolute Gasteiger partial charge is 0.242 e. The first-order valence-corrected chi connectivity index (χ1v) is 7.35. The van der Waals surface area contributed by atoms with Crippen LogP contribution >= 0.6 is 0 Å². The van der Waals surface area contributed by atoms with Gasteiger partial charge in [0.15, 0.2) is 0 Å². The molecule has 0 radical (unpaired) electrons. The number of amides is 1. The van der Waals surface area contributed by atoms with Gasteiger partial charge in [0.1, 0.15) is 12.4 Å². The summed E-state index contributed by atoms with van der Waals surface area (Å²) < 4.78 is 3.75. The maximum Gasteiger partial charge on any atom is 0.242 e. The molecule has 0 aliphatic rings. The Bertz CT molecular complexity index is 773. The molecule has 1 N–H and O–H groups in total. The van der Waals surface area contributed by atoms with Crippen LogP contribution in [0.15, 0.2) is 42.7 Å². The minimum absolute atomic E-state index is 0.0777. The SMILES string of the molecule is CC(C)n1c(CNC(=O)Cn2cccn2)nc2ccccc21. The molecule has 6 nitrogen and oxygen atoms in total. The van der Waals surface area contributed by atoms with Crippen LogP contribution in [0.25, 0.3) is 11.0 Å². The first kappa shape index (κ1) is 14.3. The molecule has 2 aromatic heterocycles. The van der Waals surface area contributed by atoms with Crippen LogP contribution in [0.1, 0.15) is 25.7 Å². The number of hydrogen-bond acceptors (Lipinski definition) is 3. The van der Waals surface area contributed by atoms with Crippen LogP contribution in [-0.4, -0.2) is 25.2 Å². The Labute approximate surface area is 128 Å². The largest absolute Gasteiger partial charge is 0.347 e. The highest BCUT2D eigenvalue weighted by Gasteiger charge is 2.13. The molecule has 6 heteroatoms. The second-order valence-electron chi connectivity index (χ2n) is 5.46. The minimum Gasteiger partial charge on any atom is -0.347 e. The molecule has 1 aromatic carbocycles. The van der Waals surface area contributed by atoms with Crippen molar-refractivity contribution in [2.24, 2.45) is 0 Å². The van der Waals surface area contributed by atoms with Crippen molar-refractivity contribution in [2.75, 3.05) is 0 Å². The summed E-state index contributed by atoms with van der Waals surface area (Å²) >= 11 is 0. The topological polar surface area (TPSA) is 64.7 Å². The lowest BCUT2D eigenvalue weighted by Gasteiger charge is -2.13. The van der Waals surface area contributed by atoms with Gasteiger partial charge in [0.25, 0.3) is 0 Å². The van der Waals surface area contributed by atoms with Gasteiger partial charge >= 0.3 is 0 Å². The number of para-hydroxylation sites is 2. The highest BCUT2D eigenvalue weighted by molar-refractivity contribution is 5.77. The van der Waals surface area contributed by atoms with E-state index < -0.39 is 0 Å². The fraction of sp³-hybridized carbons (Fsp3) is 0.312. The van der Waals surface area contributed by atoms with Crippen LogP contribution in [0.4, 0.5) is 0 Å². The summed E-state index contributed by atoms with van der Waals surface area (Å²) in [5, 5.41) is 6.94. The summed E-state index contributed by atoms with van der Waals surface area (Å²) in [6.07, 6.45) is 3.43. The molecule has 22 heavy (non-hydrogen) atoms. The van der Waals surface area contributed by atoms with Crippen molar-refractivity contribution in [3.63, 3.8) is 0 Å². The average molecular weight is 297 g/mol. The second kappa shape index (κ2) is 6.01. The zero-order valence-corrected chi connectivity index (χ0v) is 12.7. The molecule has 3 aromatic rings. The molecule has 0 aliphatic heterocycles. The predicted molar refractivity (Wildman–Crippen MR) is 84.2 cm³/mol. The van der Waals surface area contributed by atoms with E-state index in [4.69, 9.17) is 0 Å². The molecule has 114 valence electrons. The quantitative estimate of drug-likeness (QED) is 0.784. The van der Waals surface area contributed by atoms with Crippen LogP contribution in [0.3, 0.4) is 0 Å². The molecule has 0 unspecified atom stereocenters. The number of carbonyl (C=O) groups is 1. The number of imidazole rings is 1. The molecule has 0 spiro atoms. The zero-order chi connectivity index (χ0) is 15.5. The van der Waals surface area contributed by atoms with E-state index in [1.54, 1.807) is 23.1 Å². The zero-order valence-electron chi connectivity index (χ0n) is 12.7. The predicted octanol–water partition coefficient (Wildman–Crippen LogP) is 2.13. The molecular formula is C16H19N5O. The van der Waals surface area contributed by atoms with Gasteiger partial charge in [0.2, 0.25) is 5.91 Å². The summed E-state index contributed by atoms with van der Waals surface area (Å²) in [6.45, 7) is 4.86. The Balaban J connectivity index is 1.76. The molecule has 1 amide bonds. The Morgan fingerprint density at radius 3 is 2.82 bits per heavy atom. The van der Waals surface area contributed by atoms with E-state index in [-0.39, 0.29) is 18.5 Å². The number of hydrogen-bond donors (Lipinski definition) is 1. The summed E-state index contributed by atoms with van der Waals surface area (Å²) in [7, 11) is 0. The number of rotatable bonds is 5. The lowest BCUT2D eigenvalue weighted by molar-refractivity contribution is -0.122. The van der Waals surface area contributed by atoms with Crippen LogP contribution in [-0.2, 0) is 17.9 Å². The highest BCUT2D eigenvalue weighted by Crippen LogP contribution is 2.20. The summed E-state index contributed by atoms with van der Waals surface area (Å²) in [6, 6.07) is 10.1. The van der Waals surface area contributed by atoms with E-state index in [1.165, 1.54) is 0 Å². The van der Waals surface area contributed by atoms with Gasteiger partial charge in [0.05, 0.1) is 17.6 Å². The summed E-state index contributed by atoms with van der Waals surface area (Å²) in [4.78, 5) is 16.6. The van der Waals surface area contributed by atoms with Crippen LogP contribution < -0.4 is 5.32 Å². The lowest BCUT2D eigenvalue weighted by Crippen LogP contribution is -2.28. The van der Waals surface area contributed by atoms with Crippen molar-refractivity contribution in [2.45, 2.75) is 33.0 Å². The van der Waals surface area contributed by atoms with Crippen molar-refractivity contribution < 1.29 is 4.79 Å². The van der Waals surface area contributed by atoms with Crippen molar-refractivity contribution in [1.82, 2.24) is 24.6 Å². The maximum absolute atomic E-state index is 12.0. The van der Waals surface area contributed by atoms with Gasteiger partial charge in [-0.15, -0.1) is 0 Å². The van der Waals surface area contributed by atoms with Crippen LogP contribution in [0.5, 0.6) is 0 Å². The van der Waals surface area contributed by atoms with E-state index in [9.17, 15) is 4.79 Å².